The standard InChI is InChI=1S/C11H15NO5S/c1-16-9-3-4-11(10(5-9)17-2)18(14,15)12-6-8(13)7-12/h3-5,8,13H,6-7H2,1-2H3. The molecule has 0 radical (unpaired) electrons. The Kier molecular flexibility index (Phi) is 3.47. The van der Waals surface area contributed by atoms with Gasteiger partial charge in [0, 0.05) is 19.2 Å². The third kappa shape index (κ3) is 2.16. The fourth-order valence-electron chi connectivity index (χ4n) is 1.74. The molecular weight excluding hydrogens is 258 g/mol. The monoisotopic (exact) mass is 273 g/mol. The number of β-amino-alcohol motifs (C(OH)–C–C–N with tert-alkyl or cyclic N) is 1. The van der Waals surface area contributed by atoms with Gasteiger partial charge in [0.2, 0.25) is 10.0 Å². The predicted octanol–water partition coefficient (Wildman–Crippen LogP) is 0.0690. The molecule has 1 aromatic rings. The molecule has 0 saturated carbocycles. The molecule has 1 aliphatic heterocycles. The van der Waals surface area contributed by atoms with Crippen LogP contribution in [0.1, 0.15) is 0 Å². The van der Waals surface area contributed by atoms with Crippen molar-refractivity contribution in [3.63, 3.8) is 0 Å². The third-order valence-corrected chi connectivity index (χ3v) is 4.69. The van der Waals surface area contributed by atoms with Gasteiger partial charge in [-0.15, -0.1) is 0 Å². The maximum absolute atomic E-state index is 12.2. The fraction of sp³-hybridized carbons (Fsp3) is 0.455. The van der Waals surface area contributed by atoms with Gasteiger partial charge in [-0.1, -0.05) is 0 Å². The van der Waals surface area contributed by atoms with Gasteiger partial charge in [-0.3, -0.25) is 0 Å². The lowest BCUT2D eigenvalue weighted by molar-refractivity contribution is 0.0547. The second-order valence-electron chi connectivity index (χ2n) is 3.99. The van der Waals surface area contributed by atoms with Gasteiger partial charge in [0.15, 0.2) is 0 Å². The number of nitrogens with zero attached hydrogens (tertiary/aromatic N) is 1. The Bertz CT molecular complexity index is 536. The summed E-state index contributed by atoms with van der Waals surface area (Å²) in [7, 11) is -0.714. The van der Waals surface area contributed by atoms with Gasteiger partial charge < -0.3 is 14.6 Å². The van der Waals surface area contributed by atoms with Gasteiger partial charge >= 0.3 is 0 Å². The Hall–Kier alpha value is -1.31. The van der Waals surface area contributed by atoms with Crippen LogP contribution < -0.4 is 9.47 Å². The zero-order chi connectivity index (χ0) is 13.3. The van der Waals surface area contributed by atoms with Crippen LogP contribution in [0.3, 0.4) is 0 Å². The van der Waals surface area contributed by atoms with Crippen molar-refractivity contribution >= 4 is 10.0 Å². The van der Waals surface area contributed by atoms with E-state index in [1.807, 2.05) is 0 Å². The first-order chi connectivity index (χ1) is 8.48. The lowest BCUT2D eigenvalue weighted by Gasteiger charge is -2.34. The van der Waals surface area contributed by atoms with Gasteiger partial charge in [-0.05, 0) is 12.1 Å². The maximum Gasteiger partial charge on any atom is 0.246 e. The minimum Gasteiger partial charge on any atom is -0.497 e. The van der Waals surface area contributed by atoms with E-state index in [0.717, 1.165) is 0 Å². The number of hydrogen-bond donors (Lipinski definition) is 1. The van der Waals surface area contributed by atoms with Crippen LogP contribution in [0.25, 0.3) is 0 Å². The summed E-state index contributed by atoms with van der Waals surface area (Å²) in [5.41, 5.74) is 0. The van der Waals surface area contributed by atoms with Crippen LogP contribution in [-0.2, 0) is 10.0 Å². The van der Waals surface area contributed by atoms with Crippen molar-refractivity contribution in [2.75, 3.05) is 27.3 Å². The predicted molar refractivity (Wildman–Crippen MR) is 64.3 cm³/mol. The minimum atomic E-state index is -3.61. The van der Waals surface area contributed by atoms with Gasteiger partial charge in [0.25, 0.3) is 0 Å². The number of hydrogen-bond acceptors (Lipinski definition) is 5. The number of ether oxygens (including phenoxy) is 2. The highest BCUT2D eigenvalue weighted by molar-refractivity contribution is 7.89. The van der Waals surface area contributed by atoms with Gasteiger partial charge in [0.05, 0.1) is 20.3 Å². The zero-order valence-electron chi connectivity index (χ0n) is 10.2. The molecule has 1 N–H and O–H groups in total. The summed E-state index contributed by atoms with van der Waals surface area (Å²) < 4.78 is 35.8. The highest BCUT2D eigenvalue weighted by atomic mass is 32.2. The van der Waals surface area contributed by atoms with Crippen LogP contribution in [0.5, 0.6) is 11.5 Å². The smallest absolute Gasteiger partial charge is 0.246 e. The largest absolute Gasteiger partial charge is 0.497 e. The van der Waals surface area contributed by atoms with Crippen LogP contribution in [0.15, 0.2) is 23.1 Å². The summed E-state index contributed by atoms with van der Waals surface area (Å²) in [6.07, 6.45) is -0.580. The van der Waals surface area contributed by atoms with Crippen LogP contribution in [-0.4, -0.2) is 51.2 Å². The van der Waals surface area contributed by atoms with Crippen molar-refractivity contribution in [1.29, 1.82) is 0 Å². The number of methoxy groups -OCH3 is 2. The second-order valence-corrected chi connectivity index (χ2v) is 5.90. The molecule has 0 aliphatic carbocycles. The van der Waals surface area contributed by atoms with Gasteiger partial charge in [0.1, 0.15) is 16.4 Å². The lowest BCUT2D eigenvalue weighted by atomic mass is 10.2. The third-order valence-electron chi connectivity index (χ3n) is 2.82. The molecule has 1 fully saturated rings. The van der Waals surface area contributed by atoms with E-state index >= 15 is 0 Å². The lowest BCUT2D eigenvalue weighted by Crippen LogP contribution is -2.53. The summed E-state index contributed by atoms with van der Waals surface area (Å²) >= 11 is 0. The number of aliphatic hydroxyl groups excluding tert-OH is 1. The van der Waals surface area contributed by atoms with E-state index in [1.165, 1.54) is 30.7 Å². The molecule has 2 rings (SSSR count). The zero-order valence-corrected chi connectivity index (χ0v) is 11.0. The van der Waals surface area contributed by atoms with E-state index < -0.39 is 16.1 Å². The fourth-order valence-corrected chi connectivity index (χ4v) is 3.39. The van der Waals surface area contributed by atoms with Crippen molar-refractivity contribution < 1.29 is 23.0 Å². The van der Waals surface area contributed by atoms with Crippen LogP contribution in [0.2, 0.25) is 0 Å². The summed E-state index contributed by atoms with van der Waals surface area (Å²) in [6, 6.07) is 4.52. The molecule has 0 bridgehead atoms. The second kappa shape index (κ2) is 4.75. The molecule has 0 amide bonds. The Balaban J connectivity index is 2.38. The Morgan fingerprint density at radius 1 is 1.28 bits per heavy atom. The first-order valence-electron chi connectivity index (χ1n) is 5.39. The molecular formula is C11H15NO5S. The van der Waals surface area contributed by atoms with Crippen LogP contribution in [0, 0.1) is 0 Å². The first kappa shape index (κ1) is 13.1. The van der Waals surface area contributed by atoms with E-state index in [-0.39, 0.29) is 23.7 Å². The molecule has 0 atom stereocenters. The average Bonchev–Trinajstić information content (AvgIpc) is 2.34. The molecule has 7 heteroatoms. The number of sulfonamides is 1. The van der Waals surface area contributed by atoms with Crippen molar-refractivity contribution in [2.45, 2.75) is 11.0 Å². The highest BCUT2D eigenvalue weighted by Crippen LogP contribution is 2.32. The summed E-state index contributed by atoms with van der Waals surface area (Å²) in [6.45, 7) is 0.245. The van der Waals surface area contributed by atoms with Crippen molar-refractivity contribution in [1.82, 2.24) is 4.31 Å². The number of rotatable bonds is 4. The van der Waals surface area contributed by atoms with Crippen molar-refractivity contribution in [3.8, 4) is 11.5 Å². The molecule has 0 aromatic heterocycles. The summed E-state index contributed by atoms with van der Waals surface area (Å²) in [5, 5.41) is 9.18. The molecule has 0 spiro atoms. The average molecular weight is 273 g/mol. The molecule has 1 heterocycles. The SMILES string of the molecule is COc1ccc(S(=O)(=O)N2CC(O)C2)c(OC)c1. The topological polar surface area (TPSA) is 76.1 Å². The molecule has 0 unspecified atom stereocenters. The molecule has 1 aromatic carbocycles. The Morgan fingerprint density at radius 3 is 2.44 bits per heavy atom. The first-order valence-corrected chi connectivity index (χ1v) is 6.83. The molecule has 100 valence electrons. The normalized spacial score (nSPS) is 17.3. The van der Waals surface area contributed by atoms with Crippen LogP contribution >= 0.6 is 0 Å². The van der Waals surface area contributed by atoms with Crippen LogP contribution in [0.4, 0.5) is 0 Å². The highest BCUT2D eigenvalue weighted by Gasteiger charge is 2.37. The maximum atomic E-state index is 12.2. The van der Waals surface area contributed by atoms with E-state index in [9.17, 15) is 13.5 Å². The van der Waals surface area contributed by atoms with Gasteiger partial charge in [-0.25, -0.2) is 8.42 Å². The minimum absolute atomic E-state index is 0.0812. The van der Waals surface area contributed by atoms with E-state index in [0.29, 0.717) is 5.75 Å². The van der Waals surface area contributed by atoms with E-state index in [2.05, 4.69) is 0 Å². The number of benzene rings is 1. The molecule has 6 nitrogen and oxygen atoms in total. The molecule has 1 saturated heterocycles. The van der Waals surface area contributed by atoms with E-state index in [1.54, 1.807) is 6.07 Å². The Labute approximate surface area is 106 Å². The van der Waals surface area contributed by atoms with Crippen molar-refractivity contribution in [2.24, 2.45) is 0 Å². The number of aliphatic hydroxyl groups is 1. The molecule has 1 aliphatic rings. The molecule has 18 heavy (non-hydrogen) atoms. The van der Waals surface area contributed by atoms with Crippen molar-refractivity contribution in [3.05, 3.63) is 18.2 Å². The Morgan fingerprint density at radius 2 is 1.94 bits per heavy atom. The quantitative estimate of drug-likeness (QED) is 0.840. The summed E-state index contributed by atoms with van der Waals surface area (Å²) in [4.78, 5) is 0.0812. The van der Waals surface area contributed by atoms with E-state index in [4.69, 9.17) is 9.47 Å². The summed E-state index contributed by atoms with van der Waals surface area (Å²) in [5.74, 6) is 0.755. The van der Waals surface area contributed by atoms with Gasteiger partial charge in [-0.2, -0.15) is 4.31 Å².